The van der Waals surface area contributed by atoms with Crippen molar-refractivity contribution in [1.29, 1.82) is 0 Å². The van der Waals surface area contributed by atoms with Gasteiger partial charge in [-0.15, -0.1) is 5.10 Å². The standard InChI is InChI=1S/C21H20F3N3O3/c1-12-8-18(13(2)14(3)19(12)20(28)29-4)30-11-16-10-27(26-25-16)17-7-5-6-15(9-17)21(22,23)24/h5-10H,11H2,1-4H3. The molecule has 0 spiro atoms. The molecule has 0 aliphatic heterocycles. The van der Waals surface area contributed by atoms with Gasteiger partial charge >= 0.3 is 12.1 Å². The number of carbonyl (C=O) groups is 1. The minimum atomic E-state index is -4.44. The number of aryl methyl sites for hydroxylation is 1. The molecule has 0 aliphatic carbocycles. The fraction of sp³-hybridized carbons (Fsp3) is 0.286. The van der Waals surface area contributed by atoms with Gasteiger partial charge in [-0.05, 0) is 61.7 Å². The van der Waals surface area contributed by atoms with Gasteiger partial charge in [-0.25, -0.2) is 9.48 Å². The summed E-state index contributed by atoms with van der Waals surface area (Å²) in [6.45, 7) is 5.49. The first-order valence-electron chi connectivity index (χ1n) is 9.02. The predicted molar refractivity (Wildman–Crippen MR) is 103 cm³/mol. The van der Waals surface area contributed by atoms with Gasteiger partial charge in [0, 0.05) is 0 Å². The van der Waals surface area contributed by atoms with Crippen molar-refractivity contribution in [3.8, 4) is 11.4 Å². The molecule has 0 unspecified atom stereocenters. The second-order valence-electron chi connectivity index (χ2n) is 6.80. The van der Waals surface area contributed by atoms with Crippen LogP contribution in [0.4, 0.5) is 13.2 Å². The molecular weight excluding hydrogens is 399 g/mol. The molecule has 3 aromatic rings. The van der Waals surface area contributed by atoms with Gasteiger partial charge in [0.25, 0.3) is 0 Å². The van der Waals surface area contributed by atoms with E-state index in [2.05, 4.69) is 10.3 Å². The molecule has 0 saturated heterocycles. The lowest BCUT2D eigenvalue weighted by atomic mass is 9.97. The Bertz CT molecular complexity index is 1090. The van der Waals surface area contributed by atoms with Crippen LogP contribution in [0, 0.1) is 20.8 Å². The van der Waals surface area contributed by atoms with Gasteiger partial charge in [0.05, 0.1) is 30.1 Å². The van der Waals surface area contributed by atoms with Crippen molar-refractivity contribution in [3.05, 3.63) is 70.0 Å². The molecule has 1 heterocycles. The van der Waals surface area contributed by atoms with Crippen molar-refractivity contribution < 1.29 is 27.4 Å². The van der Waals surface area contributed by atoms with E-state index in [9.17, 15) is 18.0 Å². The van der Waals surface area contributed by atoms with Gasteiger partial charge in [-0.2, -0.15) is 13.2 Å². The fourth-order valence-corrected chi connectivity index (χ4v) is 3.08. The van der Waals surface area contributed by atoms with Gasteiger partial charge in [0.1, 0.15) is 18.1 Å². The van der Waals surface area contributed by atoms with Crippen LogP contribution in [-0.4, -0.2) is 28.1 Å². The molecule has 6 nitrogen and oxygen atoms in total. The number of benzene rings is 2. The molecular formula is C21H20F3N3O3. The normalized spacial score (nSPS) is 11.4. The Labute approximate surface area is 171 Å². The molecule has 0 radical (unpaired) electrons. The maximum absolute atomic E-state index is 12.9. The lowest BCUT2D eigenvalue weighted by Crippen LogP contribution is -2.09. The maximum Gasteiger partial charge on any atom is 0.416 e. The second-order valence-corrected chi connectivity index (χ2v) is 6.80. The largest absolute Gasteiger partial charge is 0.487 e. The van der Waals surface area contributed by atoms with Crippen molar-refractivity contribution in [2.24, 2.45) is 0 Å². The van der Waals surface area contributed by atoms with Crippen LogP contribution in [0.15, 0.2) is 36.5 Å². The highest BCUT2D eigenvalue weighted by atomic mass is 19.4. The van der Waals surface area contributed by atoms with Crippen LogP contribution in [0.3, 0.4) is 0 Å². The SMILES string of the molecule is COC(=O)c1c(C)cc(OCc2cn(-c3cccc(C(F)(F)F)c3)nn2)c(C)c1C. The monoisotopic (exact) mass is 419 g/mol. The molecule has 0 atom stereocenters. The summed E-state index contributed by atoms with van der Waals surface area (Å²) in [5.41, 5.74) is 2.68. The van der Waals surface area contributed by atoms with Crippen molar-refractivity contribution >= 4 is 5.97 Å². The highest BCUT2D eigenvalue weighted by Crippen LogP contribution is 2.31. The number of esters is 1. The molecule has 9 heteroatoms. The van der Waals surface area contributed by atoms with Gasteiger partial charge in [-0.1, -0.05) is 11.3 Å². The smallest absolute Gasteiger partial charge is 0.416 e. The zero-order chi connectivity index (χ0) is 22.1. The van der Waals surface area contributed by atoms with E-state index in [0.717, 1.165) is 23.3 Å². The van der Waals surface area contributed by atoms with E-state index in [1.807, 2.05) is 13.8 Å². The number of hydrogen-bond acceptors (Lipinski definition) is 5. The van der Waals surface area contributed by atoms with E-state index < -0.39 is 17.7 Å². The molecule has 1 aromatic heterocycles. The quantitative estimate of drug-likeness (QED) is 0.567. The second kappa shape index (κ2) is 8.17. The van der Waals surface area contributed by atoms with Gasteiger partial charge in [-0.3, -0.25) is 0 Å². The summed E-state index contributed by atoms with van der Waals surface area (Å²) in [5, 5.41) is 7.85. The third kappa shape index (κ3) is 4.29. The Morgan fingerprint density at radius 1 is 1.13 bits per heavy atom. The fourth-order valence-electron chi connectivity index (χ4n) is 3.08. The number of ether oxygens (including phenoxy) is 2. The lowest BCUT2D eigenvalue weighted by Gasteiger charge is -2.15. The number of alkyl halides is 3. The summed E-state index contributed by atoms with van der Waals surface area (Å²) in [5.74, 6) is 0.162. The van der Waals surface area contributed by atoms with Gasteiger partial charge in [0.15, 0.2) is 0 Å². The summed E-state index contributed by atoms with van der Waals surface area (Å²) in [6, 6.07) is 6.56. The zero-order valence-electron chi connectivity index (χ0n) is 16.9. The minimum absolute atomic E-state index is 0.0657. The van der Waals surface area contributed by atoms with Crippen molar-refractivity contribution in [2.45, 2.75) is 33.6 Å². The van der Waals surface area contributed by atoms with Gasteiger partial charge < -0.3 is 9.47 Å². The topological polar surface area (TPSA) is 66.2 Å². The Balaban J connectivity index is 1.79. The molecule has 158 valence electrons. The number of carbonyl (C=O) groups excluding carboxylic acids is 1. The highest BCUT2D eigenvalue weighted by molar-refractivity contribution is 5.93. The maximum atomic E-state index is 12.9. The van der Waals surface area contributed by atoms with Crippen LogP contribution in [0.25, 0.3) is 5.69 Å². The molecule has 0 amide bonds. The first-order valence-corrected chi connectivity index (χ1v) is 9.02. The first kappa shape index (κ1) is 21.4. The van der Waals surface area contributed by atoms with Crippen LogP contribution >= 0.6 is 0 Å². The van der Waals surface area contributed by atoms with Crippen LogP contribution in [-0.2, 0) is 17.5 Å². The number of hydrogen-bond donors (Lipinski definition) is 0. The van der Waals surface area contributed by atoms with E-state index in [1.54, 1.807) is 13.0 Å². The highest BCUT2D eigenvalue weighted by Gasteiger charge is 2.30. The molecule has 0 saturated carbocycles. The molecule has 0 fully saturated rings. The van der Waals surface area contributed by atoms with Crippen LogP contribution in [0.2, 0.25) is 0 Å². The van der Waals surface area contributed by atoms with E-state index >= 15 is 0 Å². The minimum Gasteiger partial charge on any atom is -0.487 e. The lowest BCUT2D eigenvalue weighted by molar-refractivity contribution is -0.137. The predicted octanol–water partition coefficient (Wildman–Crippen LogP) is 4.58. The van der Waals surface area contributed by atoms with E-state index in [4.69, 9.17) is 9.47 Å². The van der Waals surface area contributed by atoms with Crippen molar-refractivity contribution in [1.82, 2.24) is 15.0 Å². The molecule has 2 aromatic carbocycles. The molecule has 30 heavy (non-hydrogen) atoms. The van der Waals surface area contributed by atoms with Crippen LogP contribution in [0.5, 0.6) is 5.75 Å². The molecule has 0 N–H and O–H groups in total. The van der Waals surface area contributed by atoms with Crippen LogP contribution in [0.1, 0.15) is 38.3 Å². The third-order valence-corrected chi connectivity index (χ3v) is 4.79. The van der Waals surface area contributed by atoms with Crippen molar-refractivity contribution in [2.75, 3.05) is 7.11 Å². The summed E-state index contributed by atoms with van der Waals surface area (Å²) in [7, 11) is 1.33. The summed E-state index contributed by atoms with van der Waals surface area (Å²) >= 11 is 0. The molecule has 0 aliphatic rings. The summed E-state index contributed by atoms with van der Waals surface area (Å²) < 4.78 is 50.6. The number of aromatic nitrogens is 3. The number of methoxy groups -OCH3 is 1. The third-order valence-electron chi connectivity index (χ3n) is 4.79. The first-order chi connectivity index (χ1) is 14.1. The summed E-state index contributed by atoms with van der Waals surface area (Å²) in [6.07, 6.45) is -2.93. The van der Waals surface area contributed by atoms with Crippen LogP contribution < -0.4 is 4.74 Å². The Morgan fingerprint density at radius 2 is 1.87 bits per heavy atom. The average Bonchev–Trinajstić information content (AvgIpc) is 3.18. The van der Waals surface area contributed by atoms with E-state index in [-0.39, 0.29) is 12.3 Å². The number of rotatable bonds is 5. The van der Waals surface area contributed by atoms with E-state index in [0.29, 0.717) is 22.6 Å². The molecule has 3 rings (SSSR count). The molecule has 0 bridgehead atoms. The number of nitrogens with zero attached hydrogens (tertiary/aromatic N) is 3. The Morgan fingerprint density at radius 3 is 2.53 bits per heavy atom. The zero-order valence-corrected chi connectivity index (χ0v) is 16.9. The summed E-state index contributed by atoms with van der Waals surface area (Å²) in [4.78, 5) is 12.0. The van der Waals surface area contributed by atoms with E-state index in [1.165, 1.54) is 30.1 Å². The average molecular weight is 419 g/mol. The Kier molecular flexibility index (Phi) is 5.82. The number of halogens is 3. The van der Waals surface area contributed by atoms with Gasteiger partial charge in [0.2, 0.25) is 0 Å². The van der Waals surface area contributed by atoms with Crippen molar-refractivity contribution in [3.63, 3.8) is 0 Å². The Hall–Kier alpha value is -3.36.